The van der Waals surface area contributed by atoms with Crippen molar-refractivity contribution in [3.05, 3.63) is 95.1 Å². The molecule has 0 saturated carbocycles. The minimum absolute atomic E-state index is 0.000989. The first kappa shape index (κ1) is 23.5. The van der Waals surface area contributed by atoms with Crippen molar-refractivity contribution >= 4 is 27.5 Å². The fourth-order valence-electron chi connectivity index (χ4n) is 3.84. The smallest absolute Gasteiger partial charge is 0.261 e. The third kappa shape index (κ3) is 5.63. The molecule has 2 N–H and O–H groups in total. The number of nitrogens with zero attached hydrogens (tertiary/aromatic N) is 1. The molecule has 0 unspecified atom stereocenters. The van der Waals surface area contributed by atoms with E-state index < -0.39 is 15.9 Å². The van der Waals surface area contributed by atoms with Gasteiger partial charge in [0.15, 0.2) is 0 Å². The number of benzene rings is 3. The molecule has 1 aliphatic rings. The Kier molecular flexibility index (Phi) is 6.98. The Morgan fingerprint density at radius 2 is 1.56 bits per heavy atom. The summed E-state index contributed by atoms with van der Waals surface area (Å²) in [6.07, 6.45) is 2.05. The zero-order valence-electron chi connectivity index (χ0n) is 19.0. The maximum Gasteiger partial charge on any atom is 0.261 e. The average molecular weight is 478 g/mol. The number of nitrogens with one attached hydrogen (secondary N) is 2. The fraction of sp³-hybridized carbons (Fsp3) is 0.231. The summed E-state index contributed by atoms with van der Waals surface area (Å²) in [6, 6.07) is 20.1. The van der Waals surface area contributed by atoms with E-state index in [9.17, 15) is 18.0 Å². The molecule has 0 aliphatic carbocycles. The van der Waals surface area contributed by atoms with E-state index in [4.69, 9.17) is 0 Å². The highest BCUT2D eigenvalue weighted by molar-refractivity contribution is 7.92. The molecule has 1 fully saturated rings. The molecular formula is C26H27N3O4S. The van der Waals surface area contributed by atoms with Crippen molar-refractivity contribution < 1.29 is 18.0 Å². The van der Waals surface area contributed by atoms with Gasteiger partial charge in [-0.3, -0.25) is 14.3 Å². The van der Waals surface area contributed by atoms with Crippen LogP contribution in [0.1, 0.15) is 44.7 Å². The summed E-state index contributed by atoms with van der Waals surface area (Å²) in [5.74, 6) is -0.395. The van der Waals surface area contributed by atoms with Crippen LogP contribution in [0, 0.1) is 6.92 Å². The van der Waals surface area contributed by atoms with Gasteiger partial charge in [0.05, 0.1) is 4.90 Å². The number of hydrogen-bond donors (Lipinski definition) is 2. The highest BCUT2D eigenvalue weighted by atomic mass is 32.2. The van der Waals surface area contributed by atoms with Crippen molar-refractivity contribution in [3.63, 3.8) is 0 Å². The van der Waals surface area contributed by atoms with Gasteiger partial charge in [0, 0.05) is 36.4 Å². The first-order valence-corrected chi connectivity index (χ1v) is 12.7. The van der Waals surface area contributed by atoms with E-state index in [2.05, 4.69) is 10.0 Å². The van der Waals surface area contributed by atoms with Gasteiger partial charge in [-0.15, -0.1) is 0 Å². The van der Waals surface area contributed by atoms with Gasteiger partial charge in [-0.05, 0) is 67.8 Å². The molecule has 7 nitrogen and oxygen atoms in total. The molecule has 0 spiro atoms. The Bertz CT molecular complexity index is 1300. The van der Waals surface area contributed by atoms with Crippen LogP contribution in [0.15, 0.2) is 77.7 Å². The van der Waals surface area contributed by atoms with Gasteiger partial charge >= 0.3 is 0 Å². The van der Waals surface area contributed by atoms with Gasteiger partial charge in [0.25, 0.3) is 21.8 Å². The van der Waals surface area contributed by atoms with Gasteiger partial charge in [-0.25, -0.2) is 8.42 Å². The molecule has 0 aromatic heterocycles. The lowest BCUT2D eigenvalue weighted by molar-refractivity contribution is 0.0792. The second-order valence-electron chi connectivity index (χ2n) is 8.38. The van der Waals surface area contributed by atoms with Gasteiger partial charge in [0.1, 0.15) is 0 Å². The van der Waals surface area contributed by atoms with E-state index in [1.54, 1.807) is 36.4 Å². The van der Waals surface area contributed by atoms with Crippen LogP contribution in [-0.4, -0.2) is 38.2 Å². The molecule has 1 saturated heterocycles. The number of hydrogen-bond acceptors (Lipinski definition) is 4. The second-order valence-corrected chi connectivity index (χ2v) is 10.1. The number of sulfonamides is 1. The van der Waals surface area contributed by atoms with Crippen LogP contribution in [0.3, 0.4) is 0 Å². The predicted molar refractivity (Wildman–Crippen MR) is 131 cm³/mol. The molecule has 2 amide bonds. The summed E-state index contributed by atoms with van der Waals surface area (Å²) < 4.78 is 28.1. The van der Waals surface area contributed by atoms with Crippen molar-refractivity contribution in [3.8, 4) is 0 Å². The van der Waals surface area contributed by atoms with Crippen LogP contribution in [0.25, 0.3) is 0 Å². The number of carbonyl (C=O) groups excluding carboxylic acids is 2. The molecule has 3 aromatic carbocycles. The molecule has 0 bridgehead atoms. The number of aryl methyl sites for hydroxylation is 1. The zero-order chi connectivity index (χ0) is 24.1. The van der Waals surface area contributed by atoms with E-state index >= 15 is 0 Å². The molecule has 3 aromatic rings. The van der Waals surface area contributed by atoms with Gasteiger partial charge in [-0.2, -0.15) is 0 Å². The maximum atomic E-state index is 12.8. The minimum Gasteiger partial charge on any atom is -0.348 e. The average Bonchev–Trinajstić information content (AvgIpc) is 3.39. The summed E-state index contributed by atoms with van der Waals surface area (Å²) in [7, 11) is -3.84. The largest absolute Gasteiger partial charge is 0.348 e. The number of carbonyl (C=O) groups is 2. The Balaban J connectivity index is 1.42. The summed E-state index contributed by atoms with van der Waals surface area (Å²) in [5, 5.41) is 2.81. The van der Waals surface area contributed by atoms with Gasteiger partial charge in [-0.1, -0.05) is 35.9 Å². The molecule has 34 heavy (non-hydrogen) atoms. The molecular weight excluding hydrogens is 450 g/mol. The van der Waals surface area contributed by atoms with Crippen molar-refractivity contribution in [1.82, 2.24) is 10.2 Å². The quantitative estimate of drug-likeness (QED) is 0.538. The van der Waals surface area contributed by atoms with Crippen LogP contribution in [-0.2, 0) is 16.6 Å². The van der Waals surface area contributed by atoms with Crippen molar-refractivity contribution in [2.45, 2.75) is 31.2 Å². The van der Waals surface area contributed by atoms with Gasteiger partial charge in [0.2, 0.25) is 0 Å². The zero-order valence-corrected chi connectivity index (χ0v) is 19.8. The van der Waals surface area contributed by atoms with Crippen LogP contribution in [0.5, 0.6) is 0 Å². The third-order valence-electron chi connectivity index (χ3n) is 5.73. The van der Waals surface area contributed by atoms with Crippen LogP contribution in [0.4, 0.5) is 5.69 Å². The standard InChI is InChI=1S/C26H27N3O4S/c1-19-10-12-23(13-11-19)28-34(32,33)24-9-5-7-21(17-24)25(30)27-18-20-6-4-8-22(16-20)26(31)29-14-2-3-15-29/h4-13,16-17,28H,2-3,14-15,18H2,1H3,(H,27,30). The number of likely N-dealkylation sites (tertiary alicyclic amines) is 1. The van der Waals surface area contributed by atoms with Crippen LogP contribution < -0.4 is 10.0 Å². The maximum absolute atomic E-state index is 12.8. The van der Waals surface area contributed by atoms with E-state index in [1.165, 1.54) is 18.2 Å². The first-order valence-electron chi connectivity index (χ1n) is 11.2. The predicted octanol–water partition coefficient (Wildman–Crippen LogP) is 3.96. The van der Waals surface area contributed by atoms with Crippen LogP contribution in [0.2, 0.25) is 0 Å². The second kappa shape index (κ2) is 10.1. The number of anilines is 1. The van der Waals surface area contributed by atoms with E-state index in [0.29, 0.717) is 11.3 Å². The van der Waals surface area contributed by atoms with E-state index in [1.807, 2.05) is 30.0 Å². The van der Waals surface area contributed by atoms with E-state index in [-0.39, 0.29) is 22.9 Å². The topological polar surface area (TPSA) is 95.6 Å². The molecule has 0 radical (unpaired) electrons. The normalized spacial score (nSPS) is 13.5. The Morgan fingerprint density at radius 1 is 0.882 bits per heavy atom. The van der Waals surface area contributed by atoms with E-state index in [0.717, 1.165) is 37.1 Å². The Morgan fingerprint density at radius 3 is 2.29 bits per heavy atom. The number of rotatable bonds is 7. The van der Waals surface area contributed by atoms with Gasteiger partial charge < -0.3 is 10.2 Å². The minimum atomic E-state index is -3.84. The highest BCUT2D eigenvalue weighted by Gasteiger charge is 2.20. The SMILES string of the molecule is Cc1ccc(NS(=O)(=O)c2cccc(C(=O)NCc3cccc(C(=O)N4CCCC4)c3)c2)cc1. The van der Waals surface area contributed by atoms with Crippen molar-refractivity contribution in [2.24, 2.45) is 0 Å². The summed E-state index contributed by atoms with van der Waals surface area (Å²) in [5.41, 5.74) is 3.10. The highest BCUT2D eigenvalue weighted by Crippen LogP contribution is 2.18. The lowest BCUT2D eigenvalue weighted by atomic mass is 10.1. The third-order valence-corrected chi connectivity index (χ3v) is 7.11. The van der Waals surface area contributed by atoms with Crippen LogP contribution >= 0.6 is 0 Å². The molecule has 1 heterocycles. The molecule has 8 heteroatoms. The monoisotopic (exact) mass is 477 g/mol. The molecule has 0 atom stereocenters. The summed E-state index contributed by atoms with van der Waals surface area (Å²) in [6.45, 7) is 3.69. The first-order chi connectivity index (χ1) is 16.3. The van der Waals surface area contributed by atoms with Crippen molar-refractivity contribution in [2.75, 3.05) is 17.8 Å². The summed E-state index contributed by atoms with van der Waals surface area (Å²) in [4.78, 5) is 27.2. The molecule has 1 aliphatic heterocycles. The Hall–Kier alpha value is -3.65. The molecule has 176 valence electrons. The fourth-order valence-corrected chi connectivity index (χ4v) is 4.95. The lowest BCUT2D eigenvalue weighted by Gasteiger charge is -2.15. The van der Waals surface area contributed by atoms with Crippen molar-refractivity contribution in [1.29, 1.82) is 0 Å². The molecule has 4 rings (SSSR count). The Labute approximate surface area is 199 Å². The summed E-state index contributed by atoms with van der Waals surface area (Å²) >= 11 is 0. The number of amides is 2. The lowest BCUT2D eigenvalue weighted by Crippen LogP contribution is -2.28.